The third-order valence-corrected chi connectivity index (χ3v) is 5.29. The molecule has 2 aromatic carbocycles. The van der Waals surface area contributed by atoms with Crippen LogP contribution in [0, 0.1) is 6.92 Å². The second-order valence-electron chi connectivity index (χ2n) is 4.53. The van der Waals surface area contributed by atoms with Gasteiger partial charge in [-0.2, -0.15) is 0 Å². The Balaban J connectivity index is 2.45. The summed E-state index contributed by atoms with van der Waals surface area (Å²) in [7, 11) is -3.15. The lowest BCUT2D eigenvalue weighted by molar-refractivity contribution is 0.602. The molecule has 3 rings (SSSR count). The first kappa shape index (κ1) is 11.7. The summed E-state index contributed by atoms with van der Waals surface area (Å²) in [4.78, 5) is 0.385. The van der Waals surface area contributed by atoms with Crippen LogP contribution in [-0.2, 0) is 9.84 Å². The van der Waals surface area contributed by atoms with E-state index in [4.69, 9.17) is 0 Å². The van der Waals surface area contributed by atoms with Gasteiger partial charge in [-0.15, -0.1) is 11.3 Å². The van der Waals surface area contributed by atoms with Crippen LogP contribution in [-0.4, -0.2) is 14.7 Å². The van der Waals surface area contributed by atoms with Crippen molar-refractivity contribution in [3.05, 3.63) is 42.0 Å². The summed E-state index contributed by atoms with van der Waals surface area (Å²) in [5.74, 6) is 0. The first-order valence-corrected chi connectivity index (χ1v) is 8.29. The van der Waals surface area contributed by atoms with Crippen molar-refractivity contribution >= 4 is 41.3 Å². The molecule has 0 fully saturated rings. The number of fused-ring (bicyclic) bond motifs is 3. The molecule has 0 radical (unpaired) electrons. The summed E-state index contributed by atoms with van der Waals surface area (Å²) in [6, 6.07) is 11.6. The first-order valence-electron chi connectivity index (χ1n) is 5.58. The van der Waals surface area contributed by atoms with E-state index < -0.39 is 9.84 Å². The molecule has 0 bridgehead atoms. The molecule has 0 N–H and O–H groups in total. The number of sulfone groups is 1. The van der Waals surface area contributed by atoms with Gasteiger partial charge in [0, 0.05) is 26.4 Å². The zero-order chi connectivity index (χ0) is 12.9. The average Bonchev–Trinajstić information content (AvgIpc) is 2.65. The second kappa shape index (κ2) is 3.80. The first-order chi connectivity index (χ1) is 8.45. The number of hydrogen-bond acceptors (Lipinski definition) is 3. The van der Waals surface area contributed by atoms with E-state index in [9.17, 15) is 8.42 Å². The lowest BCUT2D eigenvalue weighted by atomic mass is 10.1. The van der Waals surface area contributed by atoms with Crippen LogP contribution in [0.5, 0.6) is 0 Å². The van der Waals surface area contributed by atoms with E-state index in [2.05, 4.69) is 18.2 Å². The largest absolute Gasteiger partial charge is 0.224 e. The number of aryl methyl sites for hydroxylation is 1. The maximum atomic E-state index is 11.6. The molecule has 0 saturated carbocycles. The maximum absolute atomic E-state index is 11.6. The van der Waals surface area contributed by atoms with Crippen molar-refractivity contribution in [1.82, 2.24) is 0 Å². The van der Waals surface area contributed by atoms with Gasteiger partial charge in [-0.05, 0) is 37.3 Å². The zero-order valence-electron chi connectivity index (χ0n) is 10.1. The van der Waals surface area contributed by atoms with Gasteiger partial charge in [-0.1, -0.05) is 11.6 Å². The highest BCUT2D eigenvalue weighted by atomic mass is 32.2. The quantitative estimate of drug-likeness (QED) is 0.678. The molecular weight excluding hydrogens is 264 g/mol. The molecule has 4 heteroatoms. The van der Waals surface area contributed by atoms with Gasteiger partial charge in [0.25, 0.3) is 0 Å². The van der Waals surface area contributed by atoms with E-state index in [1.807, 2.05) is 13.0 Å². The van der Waals surface area contributed by atoms with E-state index in [0.717, 1.165) is 15.5 Å². The predicted octanol–water partition coefficient (Wildman–Crippen LogP) is 3.77. The molecule has 0 saturated heterocycles. The molecule has 0 atom stereocenters. The normalized spacial score (nSPS) is 12.3. The van der Waals surface area contributed by atoms with Crippen molar-refractivity contribution in [2.75, 3.05) is 6.26 Å². The molecule has 1 aromatic heterocycles. The zero-order valence-corrected chi connectivity index (χ0v) is 11.7. The van der Waals surface area contributed by atoms with Crippen LogP contribution in [0.1, 0.15) is 5.56 Å². The molecule has 0 aliphatic rings. The Morgan fingerprint density at radius 1 is 0.944 bits per heavy atom. The Morgan fingerprint density at radius 3 is 2.22 bits per heavy atom. The number of thiophene rings is 1. The maximum Gasteiger partial charge on any atom is 0.175 e. The molecular formula is C14H12O2S2. The van der Waals surface area contributed by atoms with Gasteiger partial charge in [0.15, 0.2) is 9.84 Å². The highest BCUT2D eigenvalue weighted by Gasteiger charge is 2.11. The van der Waals surface area contributed by atoms with Gasteiger partial charge in [-0.25, -0.2) is 8.42 Å². The standard InChI is InChI=1S/C14H12O2S2/c1-9-3-5-13-11(7-9)12-8-10(18(2,15)16)4-6-14(12)17-13/h3-8H,1-2H3. The Labute approximate surface area is 110 Å². The van der Waals surface area contributed by atoms with Crippen molar-refractivity contribution < 1.29 is 8.42 Å². The summed E-state index contributed by atoms with van der Waals surface area (Å²) < 4.78 is 25.5. The fraction of sp³-hybridized carbons (Fsp3) is 0.143. The highest BCUT2D eigenvalue weighted by molar-refractivity contribution is 7.90. The topological polar surface area (TPSA) is 34.1 Å². The van der Waals surface area contributed by atoms with Gasteiger partial charge in [0.1, 0.15) is 0 Å². The van der Waals surface area contributed by atoms with Gasteiger partial charge in [0.05, 0.1) is 4.90 Å². The van der Waals surface area contributed by atoms with Gasteiger partial charge < -0.3 is 0 Å². The molecule has 0 amide bonds. The molecule has 0 spiro atoms. The van der Waals surface area contributed by atoms with Crippen LogP contribution in [0.3, 0.4) is 0 Å². The molecule has 0 aliphatic carbocycles. The van der Waals surface area contributed by atoms with E-state index in [0.29, 0.717) is 4.90 Å². The number of rotatable bonds is 1. The predicted molar refractivity (Wildman–Crippen MR) is 77.2 cm³/mol. The lowest BCUT2D eigenvalue weighted by Crippen LogP contribution is -1.95. The van der Waals surface area contributed by atoms with Gasteiger partial charge in [0.2, 0.25) is 0 Å². The summed E-state index contributed by atoms with van der Waals surface area (Å²) >= 11 is 1.69. The molecule has 3 aromatic rings. The van der Waals surface area contributed by atoms with E-state index in [1.54, 1.807) is 23.5 Å². The average molecular weight is 276 g/mol. The summed E-state index contributed by atoms with van der Waals surface area (Å²) in [6.45, 7) is 2.04. The van der Waals surface area contributed by atoms with Crippen molar-refractivity contribution in [2.24, 2.45) is 0 Å². The molecule has 18 heavy (non-hydrogen) atoms. The Kier molecular flexibility index (Phi) is 2.47. The third-order valence-electron chi connectivity index (χ3n) is 3.02. The fourth-order valence-corrected chi connectivity index (χ4v) is 3.81. The third kappa shape index (κ3) is 1.82. The van der Waals surface area contributed by atoms with Crippen molar-refractivity contribution in [1.29, 1.82) is 0 Å². The van der Waals surface area contributed by atoms with E-state index >= 15 is 0 Å². The summed E-state index contributed by atoms with van der Waals surface area (Å²) in [5.41, 5.74) is 1.19. The van der Waals surface area contributed by atoms with Crippen molar-refractivity contribution in [2.45, 2.75) is 11.8 Å². The minimum Gasteiger partial charge on any atom is -0.224 e. The van der Waals surface area contributed by atoms with E-state index in [-0.39, 0.29) is 0 Å². The molecule has 0 aliphatic heterocycles. The minimum absolute atomic E-state index is 0.385. The highest BCUT2D eigenvalue weighted by Crippen LogP contribution is 2.35. The Bertz CT molecular complexity index is 858. The Morgan fingerprint density at radius 2 is 1.56 bits per heavy atom. The van der Waals surface area contributed by atoms with Gasteiger partial charge >= 0.3 is 0 Å². The number of benzene rings is 2. The second-order valence-corrected chi connectivity index (χ2v) is 7.63. The smallest absolute Gasteiger partial charge is 0.175 e. The number of hydrogen-bond donors (Lipinski definition) is 0. The monoisotopic (exact) mass is 276 g/mol. The molecule has 0 unspecified atom stereocenters. The van der Waals surface area contributed by atoms with Gasteiger partial charge in [-0.3, -0.25) is 0 Å². The molecule has 92 valence electrons. The van der Waals surface area contributed by atoms with Crippen LogP contribution < -0.4 is 0 Å². The van der Waals surface area contributed by atoms with Crippen LogP contribution >= 0.6 is 11.3 Å². The van der Waals surface area contributed by atoms with Crippen LogP contribution in [0.2, 0.25) is 0 Å². The van der Waals surface area contributed by atoms with Crippen molar-refractivity contribution in [3.8, 4) is 0 Å². The lowest BCUT2D eigenvalue weighted by Gasteiger charge is -1.99. The summed E-state index contributed by atoms with van der Waals surface area (Å²) in [5, 5.41) is 2.17. The van der Waals surface area contributed by atoms with Crippen LogP contribution in [0.15, 0.2) is 41.3 Å². The summed E-state index contributed by atoms with van der Waals surface area (Å²) in [6.07, 6.45) is 1.24. The Hall–Kier alpha value is -1.39. The minimum atomic E-state index is -3.15. The van der Waals surface area contributed by atoms with Crippen LogP contribution in [0.4, 0.5) is 0 Å². The SMILES string of the molecule is Cc1ccc2sc3ccc(S(C)(=O)=O)cc3c2c1. The van der Waals surface area contributed by atoms with Crippen LogP contribution in [0.25, 0.3) is 20.2 Å². The van der Waals surface area contributed by atoms with Crippen molar-refractivity contribution in [3.63, 3.8) is 0 Å². The van der Waals surface area contributed by atoms with E-state index in [1.165, 1.54) is 16.5 Å². The fourth-order valence-electron chi connectivity index (χ4n) is 2.10. The molecule has 1 heterocycles. The molecule has 2 nitrogen and oxygen atoms in total.